The van der Waals surface area contributed by atoms with Gasteiger partial charge in [0.25, 0.3) is 0 Å². The Kier molecular flexibility index (Phi) is 4.65. The van der Waals surface area contributed by atoms with Gasteiger partial charge in [-0.05, 0) is 31.0 Å². The topological polar surface area (TPSA) is 49.8 Å². The summed E-state index contributed by atoms with van der Waals surface area (Å²) in [6, 6.07) is 7.60. The van der Waals surface area contributed by atoms with Crippen LogP contribution < -0.4 is 4.74 Å². The second kappa shape index (κ2) is 6.27. The van der Waals surface area contributed by atoms with Crippen molar-refractivity contribution in [1.82, 2.24) is 4.90 Å². The number of hydrogen-bond acceptors (Lipinski definition) is 3. The van der Waals surface area contributed by atoms with Gasteiger partial charge in [0.1, 0.15) is 5.75 Å². The highest BCUT2D eigenvalue weighted by molar-refractivity contribution is 5.80. The number of carbonyl (C=O) groups excluding carboxylic acids is 1. The molecule has 20 heavy (non-hydrogen) atoms. The molecular formula is C16H23NO3. The van der Waals surface area contributed by atoms with Crippen molar-refractivity contribution >= 4 is 5.91 Å². The van der Waals surface area contributed by atoms with E-state index in [9.17, 15) is 9.90 Å². The number of amides is 1. The van der Waals surface area contributed by atoms with E-state index in [0.29, 0.717) is 26.1 Å². The van der Waals surface area contributed by atoms with Crippen LogP contribution in [-0.4, -0.2) is 41.2 Å². The van der Waals surface area contributed by atoms with Crippen LogP contribution in [0.25, 0.3) is 0 Å². The monoisotopic (exact) mass is 277 g/mol. The van der Waals surface area contributed by atoms with Crippen molar-refractivity contribution in [2.45, 2.75) is 38.7 Å². The molecule has 1 aromatic carbocycles. The van der Waals surface area contributed by atoms with E-state index in [1.54, 1.807) is 4.90 Å². The lowest BCUT2D eigenvalue weighted by molar-refractivity contribution is -0.155. The fourth-order valence-corrected chi connectivity index (χ4v) is 2.62. The predicted molar refractivity (Wildman–Crippen MR) is 77.8 cm³/mol. The summed E-state index contributed by atoms with van der Waals surface area (Å²) < 4.78 is 5.37. The van der Waals surface area contributed by atoms with Crippen LogP contribution in [0.5, 0.6) is 5.75 Å². The Balaban J connectivity index is 1.83. The number of benzene rings is 1. The summed E-state index contributed by atoms with van der Waals surface area (Å²) in [6.07, 6.45) is 2.09. The molecule has 1 aliphatic rings. The van der Waals surface area contributed by atoms with E-state index in [2.05, 4.69) is 0 Å². The number of rotatable bonds is 6. The Morgan fingerprint density at radius 3 is 2.50 bits per heavy atom. The van der Waals surface area contributed by atoms with Crippen LogP contribution in [0.4, 0.5) is 0 Å². The minimum absolute atomic E-state index is 0.0786. The van der Waals surface area contributed by atoms with Crippen LogP contribution in [0, 0.1) is 0 Å². The SMILES string of the molecule is CCCC1(O)CN(C(=O)Cc2ccc(OCC)cc2)C1. The molecule has 1 fully saturated rings. The Morgan fingerprint density at radius 2 is 1.95 bits per heavy atom. The van der Waals surface area contributed by atoms with Crippen molar-refractivity contribution in [1.29, 1.82) is 0 Å². The molecule has 0 unspecified atom stereocenters. The van der Waals surface area contributed by atoms with Crippen molar-refractivity contribution in [3.63, 3.8) is 0 Å². The number of likely N-dealkylation sites (tertiary alicyclic amines) is 1. The number of ether oxygens (including phenoxy) is 1. The maximum absolute atomic E-state index is 12.1. The van der Waals surface area contributed by atoms with Crippen LogP contribution >= 0.6 is 0 Å². The van der Waals surface area contributed by atoms with Gasteiger partial charge in [-0.2, -0.15) is 0 Å². The zero-order valence-corrected chi connectivity index (χ0v) is 12.3. The van der Waals surface area contributed by atoms with Crippen molar-refractivity contribution < 1.29 is 14.6 Å². The Hall–Kier alpha value is -1.55. The van der Waals surface area contributed by atoms with Gasteiger partial charge >= 0.3 is 0 Å². The van der Waals surface area contributed by atoms with Gasteiger partial charge in [-0.15, -0.1) is 0 Å². The maximum Gasteiger partial charge on any atom is 0.227 e. The van der Waals surface area contributed by atoms with Crippen LogP contribution in [0.3, 0.4) is 0 Å². The number of β-amino-alcohol motifs (C(OH)–C–C–N with tert-alkyl or cyclic N) is 1. The Morgan fingerprint density at radius 1 is 1.30 bits per heavy atom. The highest BCUT2D eigenvalue weighted by Crippen LogP contribution is 2.26. The minimum Gasteiger partial charge on any atom is -0.494 e. The zero-order chi connectivity index (χ0) is 14.6. The first-order valence-electron chi connectivity index (χ1n) is 7.28. The Labute approximate surface area is 120 Å². The third kappa shape index (κ3) is 3.51. The van der Waals surface area contributed by atoms with Crippen molar-refractivity contribution in [2.24, 2.45) is 0 Å². The molecule has 1 N–H and O–H groups in total. The lowest BCUT2D eigenvalue weighted by Gasteiger charge is -2.46. The molecule has 0 saturated carbocycles. The van der Waals surface area contributed by atoms with Crippen molar-refractivity contribution in [2.75, 3.05) is 19.7 Å². The van der Waals surface area contributed by atoms with Crippen LogP contribution in [0.1, 0.15) is 32.3 Å². The number of nitrogens with zero attached hydrogens (tertiary/aromatic N) is 1. The summed E-state index contributed by atoms with van der Waals surface area (Å²) in [6.45, 7) is 5.57. The van der Waals surface area contributed by atoms with Crippen molar-refractivity contribution in [3.8, 4) is 5.75 Å². The third-order valence-electron chi connectivity index (χ3n) is 3.63. The van der Waals surface area contributed by atoms with E-state index in [-0.39, 0.29) is 5.91 Å². The van der Waals surface area contributed by atoms with E-state index in [4.69, 9.17) is 4.74 Å². The highest BCUT2D eigenvalue weighted by Gasteiger charge is 2.42. The average Bonchev–Trinajstić information content (AvgIpc) is 2.38. The number of aliphatic hydroxyl groups is 1. The molecule has 0 aliphatic carbocycles. The minimum atomic E-state index is -0.650. The molecule has 4 nitrogen and oxygen atoms in total. The quantitative estimate of drug-likeness (QED) is 0.865. The molecule has 110 valence electrons. The molecule has 1 saturated heterocycles. The predicted octanol–water partition coefficient (Wildman–Crippen LogP) is 2.00. The van der Waals surface area contributed by atoms with E-state index < -0.39 is 5.60 Å². The summed E-state index contributed by atoms with van der Waals surface area (Å²) in [7, 11) is 0. The molecule has 0 spiro atoms. The zero-order valence-electron chi connectivity index (χ0n) is 12.3. The lowest BCUT2D eigenvalue weighted by Crippen LogP contribution is -2.63. The largest absolute Gasteiger partial charge is 0.494 e. The van der Waals surface area contributed by atoms with Gasteiger partial charge in [0.15, 0.2) is 0 Å². The molecule has 1 aromatic rings. The number of hydrogen-bond donors (Lipinski definition) is 1. The molecule has 0 bridgehead atoms. The summed E-state index contributed by atoms with van der Waals surface area (Å²) in [5, 5.41) is 10.1. The van der Waals surface area contributed by atoms with Crippen LogP contribution in [-0.2, 0) is 11.2 Å². The molecule has 0 aromatic heterocycles. The first kappa shape index (κ1) is 14.9. The molecule has 1 heterocycles. The van der Waals surface area contributed by atoms with Gasteiger partial charge in [-0.1, -0.05) is 25.5 Å². The molecule has 0 atom stereocenters. The van der Waals surface area contributed by atoms with Gasteiger partial charge in [0, 0.05) is 0 Å². The summed E-state index contributed by atoms with van der Waals surface area (Å²) >= 11 is 0. The summed E-state index contributed by atoms with van der Waals surface area (Å²) in [5.41, 5.74) is 0.327. The standard InChI is InChI=1S/C16H23NO3/c1-3-9-16(19)11-17(12-16)15(18)10-13-5-7-14(8-6-13)20-4-2/h5-8,19H,3-4,9-12H2,1-2H3. The molecular weight excluding hydrogens is 254 g/mol. The molecule has 1 amide bonds. The second-order valence-corrected chi connectivity index (χ2v) is 5.48. The summed E-state index contributed by atoms with van der Waals surface area (Å²) in [5.74, 6) is 0.903. The van der Waals surface area contributed by atoms with Gasteiger partial charge in [-0.25, -0.2) is 0 Å². The maximum atomic E-state index is 12.1. The fraction of sp³-hybridized carbons (Fsp3) is 0.562. The number of carbonyl (C=O) groups is 1. The normalized spacial score (nSPS) is 16.6. The first-order chi connectivity index (χ1) is 9.56. The molecule has 1 aliphatic heterocycles. The lowest BCUT2D eigenvalue weighted by atomic mass is 9.89. The molecule has 4 heteroatoms. The highest BCUT2D eigenvalue weighted by atomic mass is 16.5. The Bertz CT molecular complexity index is 449. The van der Waals surface area contributed by atoms with E-state index in [0.717, 1.165) is 24.2 Å². The van der Waals surface area contributed by atoms with E-state index in [1.165, 1.54) is 0 Å². The average molecular weight is 277 g/mol. The van der Waals surface area contributed by atoms with E-state index in [1.807, 2.05) is 38.1 Å². The first-order valence-corrected chi connectivity index (χ1v) is 7.28. The third-order valence-corrected chi connectivity index (χ3v) is 3.63. The van der Waals surface area contributed by atoms with Gasteiger partial charge < -0.3 is 14.7 Å². The molecule has 0 radical (unpaired) electrons. The smallest absolute Gasteiger partial charge is 0.227 e. The molecule has 2 rings (SSSR count). The van der Waals surface area contributed by atoms with Gasteiger partial charge in [-0.3, -0.25) is 4.79 Å². The second-order valence-electron chi connectivity index (χ2n) is 5.48. The van der Waals surface area contributed by atoms with E-state index >= 15 is 0 Å². The van der Waals surface area contributed by atoms with Gasteiger partial charge in [0.05, 0.1) is 31.7 Å². The summed E-state index contributed by atoms with van der Waals surface area (Å²) in [4.78, 5) is 13.8. The fourth-order valence-electron chi connectivity index (χ4n) is 2.62. The van der Waals surface area contributed by atoms with Crippen LogP contribution in [0.2, 0.25) is 0 Å². The van der Waals surface area contributed by atoms with Crippen molar-refractivity contribution in [3.05, 3.63) is 29.8 Å². The van der Waals surface area contributed by atoms with Gasteiger partial charge in [0.2, 0.25) is 5.91 Å². The van der Waals surface area contributed by atoms with Crippen LogP contribution in [0.15, 0.2) is 24.3 Å².